The Morgan fingerprint density at radius 2 is 1.38 bits per heavy atom. The largest absolute Gasteiger partial charge is 0.478 e. The second-order valence-corrected chi connectivity index (χ2v) is 9.65. The van der Waals surface area contributed by atoms with Crippen LogP contribution in [0.3, 0.4) is 0 Å². The smallest absolute Gasteiger partial charge is 0.336 e. The Bertz CT molecular complexity index is 1440. The molecule has 37 heavy (non-hydrogen) atoms. The number of carbonyl (C=O) groups excluding carboxylic acids is 2. The molecule has 0 saturated heterocycles. The van der Waals surface area contributed by atoms with Crippen molar-refractivity contribution in [1.82, 2.24) is 0 Å². The van der Waals surface area contributed by atoms with Crippen molar-refractivity contribution in [3.05, 3.63) is 125 Å². The van der Waals surface area contributed by atoms with Gasteiger partial charge in [-0.1, -0.05) is 54.6 Å². The van der Waals surface area contributed by atoms with E-state index in [1.165, 1.54) is 23.9 Å². The van der Waals surface area contributed by atoms with Crippen LogP contribution in [-0.2, 0) is 4.79 Å². The molecule has 4 aromatic carbocycles. The summed E-state index contributed by atoms with van der Waals surface area (Å²) in [5, 5.41) is 14.7. The van der Waals surface area contributed by atoms with E-state index in [4.69, 9.17) is 0 Å². The third-order valence-electron chi connectivity index (χ3n) is 5.97. The van der Waals surface area contributed by atoms with Crippen molar-refractivity contribution in [2.24, 2.45) is 0 Å². The molecule has 0 aliphatic carbocycles. The molecule has 2 amide bonds. The van der Waals surface area contributed by atoms with Gasteiger partial charge in [-0.3, -0.25) is 9.59 Å². The van der Waals surface area contributed by atoms with Gasteiger partial charge < -0.3 is 15.7 Å². The molecule has 0 spiro atoms. The highest BCUT2D eigenvalue weighted by Crippen LogP contribution is 2.37. The Labute approximate surface area is 219 Å². The van der Waals surface area contributed by atoms with Crippen molar-refractivity contribution in [2.45, 2.75) is 24.0 Å². The Hall–Kier alpha value is -4.36. The average Bonchev–Trinajstić information content (AvgIpc) is 2.91. The van der Waals surface area contributed by atoms with Crippen LogP contribution in [0.15, 0.2) is 102 Å². The van der Waals surface area contributed by atoms with E-state index in [-0.39, 0.29) is 17.0 Å². The van der Waals surface area contributed by atoms with Crippen LogP contribution in [0, 0.1) is 13.8 Å². The summed E-state index contributed by atoms with van der Waals surface area (Å²) in [6, 6.07) is 28.6. The van der Waals surface area contributed by atoms with E-state index in [2.05, 4.69) is 10.6 Å². The van der Waals surface area contributed by atoms with Crippen molar-refractivity contribution in [1.29, 1.82) is 0 Å². The molecule has 4 aromatic rings. The van der Waals surface area contributed by atoms with E-state index in [1.807, 2.05) is 74.5 Å². The minimum absolute atomic E-state index is 0.0623. The monoisotopic (exact) mass is 510 g/mol. The molecule has 1 atom stereocenters. The predicted molar refractivity (Wildman–Crippen MR) is 147 cm³/mol. The minimum Gasteiger partial charge on any atom is -0.478 e. The van der Waals surface area contributed by atoms with Crippen LogP contribution in [0.25, 0.3) is 0 Å². The molecular formula is C30H26N2O4S. The van der Waals surface area contributed by atoms with Gasteiger partial charge in [0.1, 0.15) is 5.25 Å². The van der Waals surface area contributed by atoms with Crippen LogP contribution in [0.4, 0.5) is 11.4 Å². The van der Waals surface area contributed by atoms with E-state index in [9.17, 15) is 19.5 Å². The number of hydrogen-bond donors (Lipinski definition) is 3. The zero-order valence-electron chi connectivity index (χ0n) is 20.4. The standard InChI is InChI=1S/C30H26N2O4S/c1-19-9-8-14-26(20(19)2)32-29(34)27(21-10-4-3-5-11-21)37-23-17-15-22(16-18-23)31-28(33)24-12-6-7-13-25(24)30(35)36/h3-18,27H,1-2H3,(H,31,33)(H,32,34)(H,35,36). The number of benzene rings is 4. The van der Waals surface area contributed by atoms with Gasteiger partial charge in [0.2, 0.25) is 5.91 Å². The van der Waals surface area contributed by atoms with Crippen molar-refractivity contribution in [2.75, 3.05) is 10.6 Å². The summed E-state index contributed by atoms with van der Waals surface area (Å²) in [5.74, 6) is -1.80. The fourth-order valence-corrected chi connectivity index (χ4v) is 4.83. The number of rotatable bonds is 8. The Kier molecular flexibility index (Phi) is 8.05. The summed E-state index contributed by atoms with van der Waals surface area (Å²) in [6.07, 6.45) is 0. The zero-order chi connectivity index (χ0) is 26.4. The van der Waals surface area contributed by atoms with E-state index in [0.717, 1.165) is 27.3 Å². The second kappa shape index (κ2) is 11.6. The average molecular weight is 511 g/mol. The number of anilines is 2. The molecule has 7 heteroatoms. The number of carbonyl (C=O) groups is 3. The van der Waals surface area contributed by atoms with Crippen LogP contribution in [0.1, 0.15) is 42.7 Å². The summed E-state index contributed by atoms with van der Waals surface area (Å²) < 4.78 is 0. The Morgan fingerprint density at radius 1 is 0.730 bits per heavy atom. The first-order valence-corrected chi connectivity index (χ1v) is 12.5. The third kappa shape index (κ3) is 6.26. The van der Waals surface area contributed by atoms with Crippen LogP contribution in [0.5, 0.6) is 0 Å². The fraction of sp³-hybridized carbons (Fsp3) is 0.100. The first kappa shape index (κ1) is 25.7. The molecule has 0 saturated carbocycles. The van der Waals surface area contributed by atoms with E-state index >= 15 is 0 Å². The summed E-state index contributed by atoms with van der Waals surface area (Å²) in [5.41, 5.74) is 4.32. The number of nitrogens with one attached hydrogen (secondary N) is 2. The molecule has 1 unspecified atom stereocenters. The van der Waals surface area contributed by atoms with Crippen LogP contribution in [0.2, 0.25) is 0 Å². The summed E-state index contributed by atoms with van der Waals surface area (Å²) in [6.45, 7) is 3.99. The van der Waals surface area contributed by atoms with Gasteiger partial charge in [0.05, 0.1) is 11.1 Å². The molecule has 0 aliphatic rings. The zero-order valence-corrected chi connectivity index (χ0v) is 21.2. The summed E-state index contributed by atoms with van der Waals surface area (Å²) in [7, 11) is 0. The molecule has 0 radical (unpaired) electrons. The molecular weight excluding hydrogens is 484 g/mol. The molecule has 6 nitrogen and oxygen atoms in total. The van der Waals surface area contributed by atoms with E-state index in [1.54, 1.807) is 24.3 Å². The van der Waals surface area contributed by atoms with Crippen LogP contribution >= 0.6 is 11.8 Å². The lowest BCUT2D eigenvalue weighted by atomic mass is 10.1. The van der Waals surface area contributed by atoms with Crippen molar-refractivity contribution in [3.63, 3.8) is 0 Å². The lowest BCUT2D eigenvalue weighted by Crippen LogP contribution is -2.19. The maximum atomic E-state index is 13.4. The third-order valence-corrected chi connectivity index (χ3v) is 7.24. The van der Waals surface area contributed by atoms with E-state index < -0.39 is 17.1 Å². The molecule has 3 N–H and O–H groups in total. The van der Waals surface area contributed by atoms with Crippen molar-refractivity contribution < 1.29 is 19.5 Å². The molecule has 0 aliphatic heterocycles. The maximum absolute atomic E-state index is 13.4. The lowest BCUT2D eigenvalue weighted by Gasteiger charge is -2.19. The number of carboxylic acids is 1. The summed E-state index contributed by atoms with van der Waals surface area (Å²) >= 11 is 1.41. The highest BCUT2D eigenvalue weighted by molar-refractivity contribution is 8.00. The molecule has 0 heterocycles. The number of aryl methyl sites for hydroxylation is 1. The summed E-state index contributed by atoms with van der Waals surface area (Å²) in [4.78, 5) is 38.3. The van der Waals surface area contributed by atoms with Gasteiger partial charge in [-0.2, -0.15) is 0 Å². The molecule has 0 aromatic heterocycles. The Balaban J connectivity index is 1.52. The highest BCUT2D eigenvalue weighted by atomic mass is 32.2. The molecule has 0 fully saturated rings. The topological polar surface area (TPSA) is 95.5 Å². The quantitative estimate of drug-likeness (QED) is 0.229. The van der Waals surface area contributed by atoms with Gasteiger partial charge in [0.15, 0.2) is 0 Å². The van der Waals surface area contributed by atoms with Gasteiger partial charge in [0, 0.05) is 16.3 Å². The molecule has 0 bridgehead atoms. The SMILES string of the molecule is Cc1cccc(NC(=O)C(Sc2ccc(NC(=O)c3ccccc3C(=O)O)cc2)c2ccccc2)c1C. The number of thioether (sulfide) groups is 1. The fourth-order valence-electron chi connectivity index (χ4n) is 3.80. The first-order valence-electron chi connectivity index (χ1n) is 11.7. The number of aromatic carboxylic acids is 1. The number of carboxylic acid groups (broad SMARTS) is 1. The van der Waals surface area contributed by atoms with Gasteiger partial charge in [-0.05, 0) is 73.0 Å². The van der Waals surface area contributed by atoms with Crippen molar-refractivity contribution >= 4 is 40.9 Å². The normalized spacial score (nSPS) is 11.4. The molecule has 4 rings (SSSR count). The van der Waals surface area contributed by atoms with Gasteiger partial charge >= 0.3 is 5.97 Å². The van der Waals surface area contributed by atoms with Gasteiger partial charge in [-0.25, -0.2) is 4.79 Å². The molecule has 186 valence electrons. The lowest BCUT2D eigenvalue weighted by molar-refractivity contribution is -0.115. The first-order chi connectivity index (χ1) is 17.8. The Morgan fingerprint density at radius 3 is 2.05 bits per heavy atom. The van der Waals surface area contributed by atoms with E-state index in [0.29, 0.717) is 5.69 Å². The van der Waals surface area contributed by atoms with Gasteiger partial charge in [-0.15, -0.1) is 11.8 Å². The second-order valence-electron chi connectivity index (χ2n) is 8.47. The van der Waals surface area contributed by atoms with Crippen LogP contribution < -0.4 is 10.6 Å². The van der Waals surface area contributed by atoms with Gasteiger partial charge in [0.25, 0.3) is 5.91 Å². The number of hydrogen-bond acceptors (Lipinski definition) is 4. The predicted octanol–water partition coefficient (Wildman–Crippen LogP) is 6.73. The number of amides is 2. The maximum Gasteiger partial charge on any atom is 0.336 e. The van der Waals surface area contributed by atoms with Crippen molar-refractivity contribution in [3.8, 4) is 0 Å². The minimum atomic E-state index is -1.16. The highest BCUT2D eigenvalue weighted by Gasteiger charge is 2.23. The van der Waals surface area contributed by atoms with Crippen LogP contribution in [-0.4, -0.2) is 22.9 Å².